The van der Waals surface area contributed by atoms with Crippen molar-refractivity contribution in [1.29, 1.82) is 0 Å². The maximum absolute atomic E-state index is 12.1. The molecule has 0 spiro atoms. The number of amides is 2. The Hall–Kier alpha value is -2.80. The van der Waals surface area contributed by atoms with Crippen LogP contribution < -0.4 is 0 Å². The second kappa shape index (κ2) is 13.7. The molecule has 0 radical (unpaired) electrons. The van der Waals surface area contributed by atoms with Gasteiger partial charge in [-0.15, -0.1) is 20.5 Å². The highest BCUT2D eigenvalue weighted by Crippen LogP contribution is 2.41. The van der Waals surface area contributed by atoms with Gasteiger partial charge in [-0.1, -0.05) is 48.9 Å². The lowest BCUT2D eigenvalue weighted by molar-refractivity contribution is -0.119. The minimum absolute atomic E-state index is 0.163. The molecule has 4 N–H and O–H groups in total. The molecule has 0 saturated heterocycles. The Morgan fingerprint density at radius 2 is 1.05 bits per heavy atom. The van der Waals surface area contributed by atoms with Gasteiger partial charge in [0.1, 0.15) is 0 Å². The average Bonchev–Trinajstić information content (AvgIpc) is 3.38. The molecule has 2 aromatic heterocycles. The molecule has 0 aliphatic carbocycles. The Labute approximate surface area is 255 Å². The van der Waals surface area contributed by atoms with Gasteiger partial charge < -0.3 is 20.2 Å². The Bertz CT molecular complexity index is 1510. The van der Waals surface area contributed by atoms with Crippen molar-refractivity contribution in [2.75, 3.05) is 0 Å². The first-order valence-electron chi connectivity index (χ1n) is 12.4. The lowest BCUT2D eigenvalue weighted by atomic mass is 10.1. The van der Waals surface area contributed by atoms with Crippen LogP contribution in [0, 0.1) is 0 Å². The van der Waals surface area contributed by atoms with Crippen LogP contribution in [-0.2, 0) is 9.59 Å². The van der Waals surface area contributed by atoms with Gasteiger partial charge in [0.05, 0.1) is 11.0 Å². The van der Waals surface area contributed by atoms with E-state index in [1.165, 1.54) is 0 Å². The topological polar surface area (TPSA) is 156 Å². The number of azo groups is 2. The number of fused-ring (bicyclic) bond motifs is 2. The summed E-state index contributed by atoms with van der Waals surface area (Å²) in [5, 5.41) is 37.6. The number of aromatic nitrogens is 2. The summed E-state index contributed by atoms with van der Waals surface area (Å²) < 4.78 is 1.33. The molecule has 2 heterocycles. The van der Waals surface area contributed by atoms with Gasteiger partial charge in [0.15, 0.2) is 11.4 Å². The smallest absolute Gasteiger partial charge is 0.264 e. The van der Waals surface area contributed by atoms with Crippen molar-refractivity contribution in [2.45, 2.75) is 51.4 Å². The molecule has 40 heavy (non-hydrogen) atoms. The molecular formula is C26H24Br2Cl2N6O4. The van der Waals surface area contributed by atoms with E-state index >= 15 is 0 Å². The summed E-state index contributed by atoms with van der Waals surface area (Å²) >= 11 is 18.9. The predicted octanol–water partition coefficient (Wildman–Crippen LogP) is 9.93. The standard InChI is InChI=1S/C26H24Br2Cl2N6O4/c27-17-11-13(29)9-15-21(17)31-25(39)23(15)35-33-19(37)7-5-3-1-2-4-6-8-20(38)34-36-24-16-10-14(30)12-18(28)22(16)32-26(24)40/h9-12,31-32,39-40H,1-8H2. The Kier molecular flexibility index (Phi) is 10.3. The zero-order valence-electron chi connectivity index (χ0n) is 21.0. The number of nitrogens with zero attached hydrogens (tertiary/aromatic N) is 4. The lowest BCUT2D eigenvalue weighted by Gasteiger charge is -2.00. The van der Waals surface area contributed by atoms with Crippen molar-refractivity contribution >= 4 is 100 Å². The van der Waals surface area contributed by atoms with E-state index in [4.69, 9.17) is 23.2 Å². The summed E-state index contributed by atoms with van der Waals surface area (Å²) in [6.07, 6.45) is 5.33. The molecule has 14 heteroatoms. The maximum atomic E-state index is 12.1. The highest BCUT2D eigenvalue weighted by atomic mass is 79.9. The van der Waals surface area contributed by atoms with Gasteiger partial charge in [-0.3, -0.25) is 9.59 Å². The number of carbonyl (C=O) groups is 2. The van der Waals surface area contributed by atoms with Crippen molar-refractivity contribution in [1.82, 2.24) is 9.97 Å². The first kappa shape index (κ1) is 30.2. The number of hydrogen-bond donors (Lipinski definition) is 4. The highest BCUT2D eigenvalue weighted by molar-refractivity contribution is 9.11. The third-order valence-corrected chi connectivity index (χ3v) is 7.80. The molecule has 4 rings (SSSR count). The number of halogens is 4. The second-order valence-electron chi connectivity index (χ2n) is 9.07. The van der Waals surface area contributed by atoms with Gasteiger partial charge in [0.25, 0.3) is 11.8 Å². The van der Waals surface area contributed by atoms with Crippen LogP contribution in [0.4, 0.5) is 11.4 Å². The molecule has 4 aromatic rings. The Morgan fingerprint density at radius 1 is 0.675 bits per heavy atom. The largest absolute Gasteiger partial charge is 0.493 e. The fourth-order valence-electron chi connectivity index (χ4n) is 4.16. The van der Waals surface area contributed by atoms with E-state index in [1.807, 2.05) is 0 Å². The van der Waals surface area contributed by atoms with Crippen LogP contribution in [0.1, 0.15) is 51.4 Å². The number of nitrogens with one attached hydrogen (secondary N) is 2. The molecule has 0 aliphatic heterocycles. The normalized spacial score (nSPS) is 12.0. The zero-order chi connectivity index (χ0) is 28.8. The minimum Gasteiger partial charge on any atom is -0.493 e. The van der Waals surface area contributed by atoms with E-state index in [2.05, 4.69) is 62.3 Å². The predicted molar refractivity (Wildman–Crippen MR) is 161 cm³/mol. The lowest BCUT2D eigenvalue weighted by Crippen LogP contribution is -1.93. The van der Waals surface area contributed by atoms with Crippen molar-refractivity contribution < 1.29 is 19.8 Å². The molecule has 0 fully saturated rings. The van der Waals surface area contributed by atoms with Gasteiger partial charge in [-0.25, -0.2) is 0 Å². The monoisotopic (exact) mass is 712 g/mol. The quantitative estimate of drug-likeness (QED) is 0.0901. The highest BCUT2D eigenvalue weighted by Gasteiger charge is 2.15. The van der Waals surface area contributed by atoms with Crippen molar-refractivity contribution in [3.63, 3.8) is 0 Å². The van der Waals surface area contributed by atoms with Crippen LogP contribution in [-0.4, -0.2) is 32.0 Å². The van der Waals surface area contributed by atoms with E-state index in [9.17, 15) is 19.8 Å². The average molecular weight is 715 g/mol. The molecule has 0 aliphatic rings. The molecule has 0 atom stereocenters. The third kappa shape index (κ3) is 7.48. The molecule has 210 valence electrons. The first-order valence-corrected chi connectivity index (χ1v) is 14.8. The zero-order valence-corrected chi connectivity index (χ0v) is 25.7. The van der Waals surface area contributed by atoms with E-state index in [0.29, 0.717) is 53.6 Å². The molecule has 10 nitrogen and oxygen atoms in total. The molecule has 0 saturated carbocycles. The number of aromatic hydroxyl groups is 2. The summed E-state index contributed by atoms with van der Waals surface area (Å²) in [5.41, 5.74) is 1.55. The van der Waals surface area contributed by atoms with E-state index in [0.717, 1.165) is 25.7 Å². The van der Waals surface area contributed by atoms with Crippen molar-refractivity contribution in [3.8, 4) is 11.8 Å². The van der Waals surface area contributed by atoms with Gasteiger partial charge in [-0.2, -0.15) is 0 Å². The Balaban J connectivity index is 1.13. The van der Waals surface area contributed by atoms with Crippen LogP contribution in [0.5, 0.6) is 11.8 Å². The number of benzene rings is 2. The van der Waals surface area contributed by atoms with E-state index in [1.54, 1.807) is 24.3 Å². The molecular weight excluding hydrogens is 691 g/mol. The number of rotatable bonds is 11. The SMILES string of the molecule is O=C(CCCCCCCCC(=O)N=Nc1c(O)[nH]c2c(Br)cc(Cl)cc12)N=Nc1c(O)[nH]c2c(Br)cc(Cl)cc12. The fourth-order valence-corrected chi connectivity index (χ4v) is 5.98. The molecule has 0 bridgehead atoms. The van der Waals surface area contributed by atoms with Gasteiger partial charge in [0, 0.05) is 42.6 Å². The first-order chi connectivity index (χ1) is 19.1. The van der Waals surface area contributed by atoms with Gasteiger partial charge >= 0.3 is 0 Å². The van der Waals surface area contributed by atoms with Crippen molar-refractivity contribution in [2.24, 2.45) is 20.5 Å². The van der Waals surface area contributed by atoms with Crippen LogP contribution >= 0.6 is 55.1 Å². The van der Waals surface area contributed by atoms with E-state index in [-0.39, 0.29) is 47.8 Å². The van der Waals surface area contributed by atoms with Crippen molar-refractivity contribution in [3.05, 3.63) is 43.3 Å². The number of hydrogen-bond acceptors (Lipinski definition) is 6. The summed E-state index contributed by atoms with van der Waals surface area (Å²) in [4.78, 5) is 29.8. The van der Waals surface area contributed by atoms with E-state index < -0.39 is 0 Å². The van der Waals surface area contributed by atoms with Crippen LogP contribution in [0.15, 0.2) is 53.7 Å². The summed E-state index contributed by atoms with van der Waals surface area (Å²) in [6, 6.07) is 6.64. The van der Waals surface area contributed by atoms with Gasteiger partial charge in [0.2, 0.25) is 11.8 Å². The molecule has 2 amide bonds. The molecule has 0 unspecified atom stereocenters. The van der Waals surface area contributed by atoms with Crippen LogP contribution in [0.3, 0.4) is 0 Å². The van der Waals surface area contributed by atoms with Crippen LogP contribution in [0.2, 0.25) is 10.0 Å². The number of H-pyrrole nitrogens is 2. The number of unbranched alkanes of at least 4 members (excludes halogenated alkanes) is 5. The second-order valence-corrected chi connectivity index (χ2v) is 11.7. The number of aromatic amines is 2. The van der Waals surface area contributed by atoms with Crippen LogP contribution in [0.25, 0.3) is 21.8 Å². The minimum atomic E-state index is -0.373. The third-order valence-electron chi connectivity index (χ3n) is 6.11. The summed E-state index contributed by atoms with van der Waals surface area (Å²) in [5.74, 6) is -1.13. The summed E-state index contributed by atoms with van der Waals surface area (Å²) in [7, 11) is 0. The Morgan fingerprint density at radius 3 is 1.45 bits per heavy atom. The maximum Gasteiger partial charge on any atom is 0.264 e. The molecule has 2 aromatic carbocycles. The van der Waals surface area contributed by atoms with Gasteiger partial charge in [-0.05, 0) is 69.0 Å². The summed E-state index contributed by atoms with van der Waals surface area (Å²) in [6.45, 7) is 0. The number of carbonyl (C=O) groups excluding carboxylic acids is 2. The fraction of sp³-hybridized carbons (Fsp3) is 0.308.